The fourth-order valence-electron chi connectivity index (χ4n) is 2.82. The molecule has 2 aromatic rings. The molecule has 1 aromatic heterocycles. The summed E-state index contributed by atoms with van der Waals surface area (Å²) in [6.07, 6.45) is 3.95. The van der Waals surface area contributed by atoms with E-state index in [-0.39, 0.29) is 0 Å². The molecule has 1 fully saturated rings. The van der Waals surface area contributed by atoms with Gasteiger partial charge in [0.1, 0.15) is 12.0 Å². The fourth-order valence-corrected chi connectivity index (χ4v) is 2.82. The Kier molecular flexibility index (Phi) is 4.13. The average molecular weight is 297 g/mol. The van der Waals surface area contributed by atoms with Crippen molar-refractivity contribution in [3.63, 3.8) is 0 Å². The van der Waals surface area contributed by atoms with E-state index in [0.717, 1.165) is 30.5 Å². The van der Waals surface area contributed by atoms with Crippen LogP contribution in [0.4, 0.5) is 23.0 Å². The SMILES string of the molecule is Cc1cccc(Nc2ncnc(N3CCC(C)CC3)c2N)c1. The van der Waals surface area contributed by atoms with E-state index in [2.05, 4.69) is 46.2 Å². The predicted octanol–water partition coefficient (Wildman–Crippen LogP) is 3.35. The molecule has 0 amide bonds. The van der Waals surface area contributed by atoms with Gasteiger partial charge in [0, 0.05) is 18.8 Å². The summed E-state index contributed by atoms with van der Waals surface area (Å²) < 4.78 is 0. The van der Waals surface area contributed by atoms with Gasteiger partial charge in [-0.15, -0.1) is 0 Å². The number of anilines is 4. The fraction of sp³-hybridized carbons (Fsp3) is 0.412. The van der Waals surface area contributed by atoms with Gasteiger partial charge in [-0.1, -0.05) is 19.1 Å². The number of benzene rings is 1. The van der Waals surface area contributed by atoms with Crippen molar-refractivity contribution in [2.75, 3.05) is 29.0 Å². The van der Waals surface area contributed by atoms with E-state index in [1.165, 1.54) is 18.4 Å². The molecule has 1 aromatic carbocycles. The third-order valence-corrected chi connectivity index (χ3v) is 4.23. The molecule has 0 atom stereocenters. The Bertz CT molecular complexity index is 647. The number of hydrogen-bond acceptors (Lipinski definition) is 5. The van der Waals surface area contributed by atoms with Crippen molar-refractivity contribution in [2.24, 2.45) is 5.92 Å². The number of hydrogen-bond donors (Lipinski definition) is 2. The van der Waals surface area contributed by atoms with Crippen LogP contribution in [-0.2, 0) is 0 Å². The lowest BCUT2D eigenvalue weighted by Crippen LogP contribution is -2.34. The van der Waals surface area contributed by atoms with Crippen LogP contribution >= 0.6 is 0 Å². The Morgan fingerprint density at radius 3 is 2.73 bits per heavy atom. The summed E-state index contributed by atoms with van der Waals surface area (Å²) in [6.45, 7) is 6.37. The van der Waals surface area contributed by atoms with Crippen molar-refractivity contribution < 1.29 is 0 Å². The van der Waals surface area contributed by atoms with Crippen LogP contribution < -0.4 is 16.0 Å². The van der Waals surface area contributed by atoms with E-state index in [0.29, 0.717) is 11.5 Å². The van der Waals surface area contributed by atoms with Gasteiger partial charge in [-0.05, 0) is 43.4 Å². The first-order chi connectivity index (χ1) is 10.6. The Hall–Kier alpha value is -2.30. The van der Waals surface area contributed by atoms with Crippen LogP contribution in [0.5, 0.6) is 0 Å². The highest BCUT2D eigenvalue weighted by molar-refractivity contribution is 5.78. The van der Waals surface area contributed by atoms with Gasteiger partial charge >= 0.3 is 0 Å². The van der Waals surface area contributed by atoms with Crippen molar-refractivity contribution in [1.29, 1.82) is 0 Å². The molecule has 0 spiro atoms. The van der Waals surface area contributed by atoms with Crippen molar-refractivity contribution in [3.8, 4) is 0 Å². The molecule has 0 radical (unpaired) electrons. The number of nitrogens with zero attached hydrogens (tertiary/aromatic N) is 3. The lowest BCUT2D eigenvalue weighted by molar-refractivity contribution is 0.437. The maximum absolute atomic E-state index is 6.31. The highest BCUT2D eigenvalue weighted by atomic mass is 15.2. The van der Waals surface area contributed by atoms with Crippen molar-refractivity contribution in [3.05, 3.63) is 36.2 Å². The molecule has 0 aliphatic carbocycles. The van der Waals surface area contributed by atoms with Crippen LogP contribution in [0.1, 0.15) is 25.3 Å². The molecule has 5 heteroatoms. The molecule has 1 aliphatic rings. The monoisotopic (exact) mass is 297 g/mol. The normalized spacial score (nSPS) is 15.8. The van der Waals surface area contributed by atoms with Crippen molar-refractivity contribution in [2.45, 2.75) is 26.7 Å². The van der Waals surface area contributed by atoms with E-state index in [9.17, 15) is 0 Å². The number of aromatic nitrogens is 2. The smallest absolute Gasteiger partial charge is 0.159 e. The van der Waals surface area contributed by atoms with Gasteiger partial charge in [0.2, 0.25) is 0 Å². The minimum Gasteiger partial charge on any atom is -0.393 e. The number of aryl methyl sites for hydroxylation is 1. The Morgan fingerprint density at radius 1 is 1.23 bits per heavy atom. The second kappa shape index (κ2) is 6.22. The summed E-state index contributed by atoms with van der Waals surface area (Å²) >= 11 is 0. The molecule has 3 N–H and O–H groups in total. The van der Waals surface area contributed by atoms with E-state index in [1.54, 1.807) is 6.33 Å². The molecule has 0 saturated carbocycles. The summed E-state index contributed by atoms with van der Waals surface area (Å²) in [5.41, 5.74) is 9.12. The molecule has 2 heterocycles. The van der Waals surface area contributed by atoms with Crippen LogP contribution in [0, 0.1) is 12.8 Å². The van der Waals surface area contributed by atoms with Crippen LogP contribution in [0.3, 0.4) is 0 Å². The molecule has 0 unspecified atom stereocenters. The van der Waals surface area contributed by atoms with Gasteiger partial charge < -0.3 is 16.0 Å². The second-order valence-corrected chi connectivity index (χ2v) is 6.12. The van der Waals surface area contributed by atoms with Crippen molar-refractivity contribution in [1.82, 2.24) is 9.97 Å². The van der Waals surface area contributed by atoms with E-state index in [1.807, 2.05) is 12.1 Å². The number of nitrogens with two attached hydrogens (primary N) is 1. The summed E-state index contributed by atoms with van der Waals surface area (Å²) in [7, 11) is 0. The molecule has 1 saturated heterocycles. The minimum absolute atomic E-state index is 0.624. The maximum Gasteiger partial charge on any atom is 0.159 e. The summed E-state index contributed by atoms with van der Waals surface area (Å²) in [5, 5.41) is 3.30. The van der Waals surface area contributed by atoms with Gasteiger partial charge in [0.05, 0.1) is 0 Å². The highest BCUT2D eigenvalue weighted by Gasteiger charge is 2.20. The molecule has 1 aliphatic heterocycles. The molecule has 116 valence electrons. The quantitative estimate of drug-likeness (QED) is 0.909. The third kappa shape index (κ3) is 3.13. The molecular weight excluding hydrogens is 274 g/mol. The predicted molar refractivity (Wildman–Crippen MR) is 91.5 cm³/mol. The summed E-state index contributed by atoms with van der Waals surface area (Å²) in [4.78, 5) is 11.0. The number of nitrogens with one attached hydrogen (secondary N) is 1. The first-order valence-electron chi connectivity index (χ1n) is 7.82. The zero-order valence-corrected chi connectivity index (χ0v) is 13.2. The Balaban J connectivity index is 1.83. The van der Waals surface area contributed by atoms with Crippen LogP contribution in [0.25, 0.3) is 0 Å². The average Bonchev–Trinajstić information content (AvgIpc) is 2.51. The van der Waals surface area contributed by atoms with E-state index in [4.69, 9.17) is 5.73 Å². The Labute approximate surface area is 131 Å². The lowest BCUT2D eigenvalue weighted by atomic mass is 9.99. The molecule has 5 nitrogen and oxygen atoms in total. The van der Waals surface area contributed by atoms with Crippen LogP contribution in [0.15, 0.2) is 30.6 Å². The summed E-state index contributed by atoms with van der Waals surface area (Å²) in [5.74, 6) is 2.30. The van der Waals surface area contributed by atoms with Crippen LogP contribution in [-0.4, -0.2) is 23.1 Å². The lowest BCUT2D eigenvalue weighted by Gasteiger charge is -2.32. The van der Waals surface area contributed by atoms with E-state index < -0.39 is 0 Å². The zero-order valence-electron chi connectivity index (χ0n) is 13.2. The van der Waals surface area contributed by atoms with Gasteiger partial charge in [-0.2, -0.15) is 0 Å². The van der Waals surface area contributed by atoms with Gasteiger partial charge in [0.25, 0.3) is 0 Å². The topological polar surface area (TPSA) is 67.1 Å². The molecular formula is C17H23N5. The van der Waals surface area contributed by atoms with Crippen molar-refractivity contribution >= 4 is 23.0 Å². The third-order valence-electron chi connectivity index (χ3n) is 4.23. The summed E-state index contributed by atoms with van der Waals surface area (Å²) in [6, 6.07) is 8.16. The largest absolute Gasteiger partial charge is 0.393 e. The van der Waals surface area contributed by atoms with Crippen LogP contribution in [0.2, 0.25) is 0 Å². The van der Waals surface area contributed by atoms with Gasteiger partial charge in [-0.3, -0.25) is 0 Å². The highest BCUT2D eigenvalue weighted by Crippen LogP contribution is 2.31. The number of rotatable bonds is 3. The number of piperidine rings is 1. The van der Waals surface area contributed by atoms with Gasteiger partial charge in [-0.25, -0.2) is 9.97 Å². The Morgan fingerprint density at radius 2 is 2.00 bits per heavy atom. The zero-order chi connectivity index (χ0) is 15.5. The second-order valence-electron chi connectivity index (χ2n) is 6.12. The molecule has 3 rings (SSSR count). The first-order valence-corrected chi connectivity index (χ1v) is 7.82. The molecule has 0 bridgehead atoms. The standard InChI is InChI=1S/C17H23N5/c1-12-6-8-22(9-7-12)17-15(18)16(19-11-20-17)21-14-5-3-4-13(2)10-14/h3-5,10-12H,6-9,18H2,1-2H3,(H,19,20,21). The van der Waals surface area contributed by atoms with E-state index >= 15 is 0 Å². The molecule has 22 heavy (non-hydrogen) atoms. The first kappa shape index (κ1) is 14.6. The maximum atomic E-state index is 6.31. The van der Waals surface area contributed by atoms with Gasteiger partial charge in [0.15, 0.2) is 11.6 Å². The number of nitrogen functional groups attached to an aromatic ring is 1. The minimum atomic E-state index is 0.624.